The smallest absolute Gasteiger partial charge is 0.0856 e. The number of hydrogen-bond acceptors (Lipinski definition) is 2. The van der Waals surface area contributed by atoms with Crippen molar-refractivity contribution in [1.82, 2.24) is 4.90 Å². The first-order valence-corrected chi connectivity index (χ1v) is 3.23. The van der Waals surface area contributed by atoms with Crippen LogP contribution in [0.3, 0.4) is 0 Å². The maximum atomic E-state index is 4.09. The lowest BCUT2D eigenvalue weighted by Gasteiger charge is -2.18. The highest BCUT2D eigenvalue weighted by Gasteiger charge is 2.08. The maximum absolute atomic E-state index is 4.09. The van der Waals surface area contributed by atoms with Gasteiger partial charge in [-0.3, -0.25) is 4.99 Å². The summed E-state index contributed by atoms with van der Waals surface area (Å²) in [4.78, 5) is 6.26. The Morgan fingerprint density at radius 3 is 3.11 bits per heavy atom. The standard InChI is InChI=1S/C7H12N2/c1-3-7(2)9-5-4-8-6-9/h3,6-7H,1,4-5H2,2H3. The molecule has 0 saturated heterocycles. The van der Waals surface area contributed by atoms with Crippen LogP contribution in [0.2, 0.25) is 0 Å². The topological polar surface area (TPSA) is 15.6 Å². The van der Waals surface area contributed by atoms with Crippen molar-refractivity contribution in [2.24, 2.45) is 4.99 Å². The third kappa shape index (κ3) is 1.31. The fraction of sp³-hybridized carbons (Fsp3) is 0.571. The van der Waals surface area contributed by atoms with Gasteiger partial charge < -0.3 is 4.90 Å². The van der Waals surface area contributed by atoms with Crippen molar-refractivity contribution in [3.8, 4) is 0 Å². The highest BCUT2D eigenvalue weighted by molar-refractivity contribution is 5.57. The van der Waals surface area contributed by atoms with Crippen LogP contribution in [-0.2, 0) is 0 Å². The molecule has 1 aliphatic heterocycles. The first kappa shape index (κ1) is 6.33. The van der Waals surface area contributed by atoms with Crippen LogP contribution < -0.4 is 0 Å². The van der Waals surface area contributed by atoms with Gasteiger partial charge in [0.1, 0.15) is 0 Å². The third-order valence-electron chi connectivity index (χ3n) is 1.58. The van der Waals surface area contributed by atoms with E-state index in [1.165, 1.54) is 0 Å². The Labute approximate surface area is 55.9 Å². The lowest BCUT2D eigenvalue weighted by atomic mass is 10.3. The summed E-state index contributed by atoms with van der Waals surface area (Å²) in [7, 11) is 0. The van der Waals surface area contributed by atoms with Crippen molar-refractivity contribution in [3.63, 3.8) is 0 Å². The maximum Gasteiger partial charge on any atom is 0.0856 e. The second-order valence-electron chi connectivity index (χ2n) is 2.24. The molecular formula is C7H12N2. The van der Waals surface area contributed by atoms with Gasteiger partial charge in [-0.2, -0.15) is 0 Å². The lowest BCUT2D eigenvalue weighted by Crippen LogP contribution is -2.28. The molecule has 2 heteroatoms. The molecule has 0 fully saturated rings. The van der Waals surface area contributed by atoms with Crippen LogP contribution in [-0.4, -0.2) is 30.4 Å². The molecule has 2 nitrogen and oxygen atoms in total. The van der Waals surface area contributed by atoms with E-state index < -0.39 is 0 Å². The summed E-state index contributed by atoms with van der Waals surface area (Å²) >= 11 is 0. The Kier molecular flexibility index (Phi) is 1.88. The summed E-state index contributed by atoms with van der Waals surface area (Å²) in [6, 6.07) is 0.441. The summed E-state index contributed by atoms with van der Waals surface area (Å²) in [6.07, 6.45) is 3.82. The Morgan fingerprint density at radius 1 is 1.89 bits per heavy atom. The van der Waals surface area contributed by atoms with Crippen molar-refractivity contribution >= 4 is 6.34 Å². The zero-order valence-corrected chi connectivity index (χ0v) is 5.75. The minimum absolute atomic E-state index is 0.441. The van der Waals surface area contributed by atoms with Crippen LogP contribution >= 0.6 is 0 Å². The zero-order valence-electron chi connectivity index (χ0n) is 5.75. The second kappa shape index (κ2) is 2.67. The number of rotatable bonds is 2. The van der Waals surface area contributed by atoms with E-state index in [1.807, 2.05) is 12.4 Å². The van der Waals surface area contributed by atoms with E-state index in [-0.39, 0.29) is 0 Å². The molecule has 0 amide bonds. The van der Waals surface area contributed by atoms with Gasteiger partial charge in [0.15, 0.2) is 0 Å². The van der Waals surface area contributed by atoms with Gasteiger partial charge in [0, 0.05) is 12.6 Å². The first-order valence-electron chi connectivity index (χ1n) is 3.23. The number of aliphatic imine (C=N–C) groups is 1. The molecule has 0 aromatic heterocycles. The van der Waals surface area contributed by atoms with Crippen LogP contribution in [0.5, 0.6) is 0 Å². The van der Waals surface area contributed by atoms with Crippen molar-refractivity contribution < 1.29 is 0 Å². The Morgan fingerprint density at radius 2 is 2.67 bits per heavy atom. The number of hydrogen-bond donors (Lipinski definition) is 0. The summed E-state index contributed by atoms with van der Waals surface area (Å²) in [5, 5.41) is 0. The molecule has 0 bridgehead atoms. The molecule has 0 aromatic carbocycles. The van der Waals surface area contributed by atoms with Crippen LogP contribution in [0.4, 0.5) is 0 Å². The monoisotopic (exact) mass is 124 g/mol. The van der Waals surface area contributed by atoms with E-state index in [2.05, 4.69) is 23.4 Å². The zero-order chi connectivity index (χ0) is 6.69. The minimum atomic E-state index is 0.441. The summed E-state index contributed by atoms with van der Waals surface area (Å²) in [6.45, 7) is 7.81. The lowest BCUT2D eigenvalue weighted by molar-refractivity contribution is 0.421. The van der Waals surface area contributed by atoms with E-state index in [0.717, 1.165) is 13.1 Å². The number of nitrogens with zero attached hydrogens (tertiary/aromatic N) is 2. The summed E-state index contributed by atoms with van der Waals surface area (Å²) < 4.78 is 0. The average molecular weight is 124 g/mol. The van der Waals surface area contributed by atoms with Gasteiger partial charge in [-0.25, -0.2) is 0 Å². The van der Waals surface area contributed by atoms with Gasteiger partial charge >= 0.3 is 0 Å². The van der Waals surface area contributed by atoms with Crippen LogP contribution in [0.1, 0.15) is 6.92 Å². The second-order valence-corrected chi connectivity index (χ2v) is 2.24. The molecular weight excluding hydrogens is 112 g/mol. The quantitative estimate of drug-likeness (QED) is 0.499. The third-order valence-corrected chi connectivity index (χ3v) is 1.58. The molecule has 1 heterocycles. The average Bonchev–Trinajstić information content (AvgIpc) is 2.37. The van der Waals surface area contributed by atoms with Gasteiger partial charge in [-0.15, -0.1) is 6.58 Å². The molecule has 0 aromatic rings. The molecule has 1 aliphatic rings. The van der Waals surface area contributed by atoms with Crippen LogP contribution in [0, 0.1) is 0 Å². The molecule has 0 saturated carbocycles. The largest absolute Gasteiger partial charge is 0.355 e. The van der Waals surface area contributed by atoms with Crippen molar-refractivity contribution in [2.45, 2.75) is 13.0 Å². The highest BCUT2D eigenvalue weighted by Crippen LogP contribution is 2.00. The molecule has 0 radical (unpaired) electrons. The van der Waals surface area contributed by atoms with Gasteiger partial charge in [0.2, 0.25) is 0 Å². The highest BCUT2D eigenvalue weighted by atomic mass is 15.2. The predicted molar refractivity (Wildman–Crippen MR) is 39.7 cm³/mol. The van der Waals surface area contributed by atoms with Crippen molar-refractivity contribution in [2.75, 3.05) is 13.1 Å². The van der Waals surface area contributed by atoms with E-state index in [9.17, 15) is 0 Å². The summed E-state index contributed by atoms with van der Waals surface area (Å²) in [5.41, 5.74) is 0. The van der Waals surface area contributed by atoms with E-state index >= 15 is 0 Å². The van der Waals surface area contributed by atoms with E-state index in [0.29, 0.717) is 6.04 Å². The SMILES string of the molecule is C=CC(C)N1C=NCC1. The predicted octanol–water partition coefficient (Wildman–Crippen LogP) is 0.905. The molecule has 1 unspecified atom stereocenters. The molecule has 0 N–H and O–H groups in total. The fourth-order valence-corrected chi connectivity index (χ4v) is 0.838. The molecule has 0 aliphatic carbocycles. The van der Waals surface area contributed by atoms with Crippen molar-refractivity contribution in [1.29, 1.82) is 0 Å². The molecule has 1 rings (SSSR count). The molecule has 9 heavy (non-hydrogen) atoms. The Bertz CT molecular complexity index is 129. The van der Waals surface area contributed by atoms with Gasteiger partial charge in [0.05, 0.1) is 12.9 Å². The van der Waals surface area contributed by atoms with E-state index in [1.54, 1.807) is 0 Å². The summed E-state index contributed by atoms with van der Waals surface area (Å²) in [5.74, 6) is 0. The first-order chi connectivity index (χ1) is 4.34. The fourth-order valence-electron chi connectivity index (χ4n) is 0.838. The normalized spacial score (nSPS) is 20.3. The van der Waals surface area contributed by atoms with Gasteiger partial charge in [-0.05, 0) is 6.92 Å². The molecule has 1 atom stereocenters. The molecule has 0 spiro atoms. The van der Waals surface area contributed by atoms with Crippen LogP contribution in [0.15, 0.2) is 17.6 Å². The van der Waals surface area contributed by atoms with Gasteiger partial charge in [-0.1, -0.05) is 6.08 Å². The Hall–Kier alpha value is -0.790. The Balaban J connectivity index is 2.42. The van der Waals surface area contributed by atoms with E-state index in [4.69, 9.17) is 0 Å². The minimum Gasteiger partial charge on any atom is -0.355 e. The molecule has 50 valence electrons. The van der Waals surface area contributed by atoms with Gasteiger partial charge in [0.25, 0.3) is 0 Å². The van der Waals surface area contributed by atoms with Crippen molar-refractivity contribution in [3.05, 3.63) is 12.7 Å². The van der Waals surface area contributed by atoms with Crippen LogP contribution in [0.25, 0.3) is 0 Å².